The van der Waals surface area contributed by atoms with E-state index in [2.05, 4.69) is 13.8 Å². The fourth-order valence-electron chi connectivity index (χ4n) is 8.15. The quantitative estimate of drug-likeness (QED) is 0.729. The third-order valence-electron chi connectivity index (χ3n) is 9.49. The average molecular weight is 347 g/mol. The molecule has 2 heteroatoms. The van der Waals surface area contributed by atoms with E-state index in [-0.39, 0.29) is 11.0 Å². The van der Waals surface area contributed by atoms with E-state index >= 15 is 0 Å². The van der Waals surface area contributed by atoms with Gasteiger partial charge < -0.3 is 5.11 Å². The summed E-state index contributed by atoms with van der Waals surface area (Å²) in [5, 5.41) is 10.8. The number of aliphatic hydroxyl groups is 1. The van der Waals surface area contributed by atoms with Gasteiger partial charge in [0.25, 0.3) is 0 Å². The van der Waals surface area contributed by atoms with Gasteiger partial charge in [-0.2, -0.15) is 0 Å². The molecule has 0 aromatic heterocycles. The summed E-state index contributed by atoms with van der Waals surface area (Å²) in [6.45, 7) is 6.46. The van der Waals surface area contributed by atoms with E-state index in [1.54, 1.807) is 0 Å². The van der Waals surface area contributed by atoms with E-state index in [0.29, 0.717) is 11.7 Å². The van der Waals surface area contributed by atoms with Gasteiger partial charge in [-0.05, 0) is 106 Å². The standard InChI is InChI=1S/C23H38O2/c1-4-23(25)13-11-17-16(14-23)8-9-19-18(17)10-12-22(3)20(15(2)24)6-5-7-21(19)22/h16-21,25H,4-14H2,1-3H3/t16-,17-,18+,19+,20?,21-,22+,23+/m0/s1. The van der Waals surface area contributed by atoms with Crippen molar-refractivity contribution in [3.63, 3.8) is 0 Å². The van der Waals surface area contributed by atoms with Crippen LogP contribution in [0, 0.1) is 40.9 Å². The molecule has 4 fully saturated rings. The van der Waals surface area contributed by atoms with Gasteiger partial charge in [0.1, 0.15) is 5.78 Å². The first kappa shape index (κ1) is 18.0. The Kier molecular flexibility index (Phi) is 4.58. The number of hydrogen-bond acceptors (Lipinski definition) is 2. The molecule has 0 heterocycles. The predicted octanol–water partition coefficient (Wildman–Crippen LogP) is 5.38. The highest BCUT2D eigenvalue weighted by atomic mass is 16.3. The zero-order chi connectivity index (χ0) is 17.8. The molecular weight excluding hydrogens is 308 g/mol. The summed E-state index contributed by atoms with van der Waals surface area (Å²) in [5.74, 6) is 4.90. The van der Waals surface area contributed by atoms with Crippen molar-refractivity contribution in [1.82, 2.24) is 0 Å². The highest BCUT2D eigenvalue weighted by Gasteiger charge is 2.56. The van der Waals surface area contributed by atoms with Gasteiger partial charge in [-0.25, -0.2) is 0 Å². The zero-order valence-corrected chi connectivity index (χ0v) is 16.6. The maximum absolute atomic E-state index is 12.3. The van der Waals surface area contributed by atoms with Gasteiger partial charge in [0.15, 0.2) is 0 Å². The van der Waals surface area contributed by atoms with E-state index in [0.717, 1.165) is 55.3 Å². The molecule has 0 bridgehead atoms. The minimum absolute atomic E-state index is 0.275. The Morgan fingerprint density at radius 1 is 1.00 bits per heavy atom. The molecule has 4 rings (SSSR count). The molecule has 0 aliphatic heterocycles. The second-order valence-corrected chi connectivity index (χ2v) is 10.4. The van der Waals surface area contributed by atoms with Crippen molar-refractivity contribution in [3.8, 4) is 0 Å². The molecule has 8 atom stereocenters. The molecule has 4 aliphatic rings. The van der Waals surface area contributed by atoms with Crippen molar-refractivity contribution in [2.45, 2.75) is 97.0 Å². The topological polar surface area (TPSA) is 37.3 Å². The molecule has 2 nitrogen and oxygen atoms in total. The first-order chi connectivity index (χ1) is 11.9. The van der Waals surface area contributed by atoms with Crippen molar-refractivity contribution in [2.24, 2.45) is 40.9 Å². The first-order valence-electron chi connectivity index (χ1n) is 11.1. The predicted molar refractivity (Wildman–Crippen MR) is 101 cm³/mol. The highest BCUT2D eigenvalue weighted by molar-refractivity contribution is 5.79. The lowest BCUT2D eigenvalue weighted by atomic mass is 9.44. The van der Waals surface area contributed by atoms with E-state index in [4.69, 9.17) is 0 Å². The van der Waals surface area contributed by atoms with Crippen LogP contribution >= 0.6 is 0 Å². The fourth-order valence-corrected chi connectivity index (χ4v) is 8.15. The van der Waals surface area contributed by atoms with Crippen LogP contribution in [0.3, 0.4) is 0 Å². The Labute approximate surface area is 154 Å². The Balaban J connectivity index is 1.55. The molecule has 0 aromatic carbocycles. The van der Waals surface area contributed by atoms with Crippen LogP contribution < -0.4 is 0 Å². The molecule has 1 N–H and O–H groups in total. The summed E-state index contributed by atoms with van der Waals surface area (Å²) < 4.78 is 0. The summed E-state index contributed by atoms with van der Waals surface area (Å²) in [5.41, 5.74) is -0.0986. The van der Waals surface area contributed by atoms with Crippen LogP contribution in [0.4, 0.5) is 0 Å². The second-order valence-electron chi connectivity index (χ2n) is 10.4. The van der Waals surface area contributed by atoms with E-state index in [1.807, 2.05) is 6.92 Å². The van der Waals surface area contributed by atoms with Crippen molar-refractivity contribution in [1.29, 1.82) is 0 Å². The number of rotatable bonds is 2. The lowest BCUT2D eigenvalue weighted by molar-refractivity contribution is -0.147. The Hall–Kier alpha value is -0.370. The molecule has 0 spiro atoms. The number of ketones is 1. The minimum atomic E-state index is -0.373. The lowest BCUT2D eigenvalue weighted by Crippen LogP contribution is -2.54. The Morgan fingerprint density at radius 3 is 2.48 bits per heavy atom. The Bertz CT molecular complexity index is 528. The molecule has 142 valence electrons. The molecule has 4 saturated carbocycles. The van der Waals surface area contributed by atoms with Crippen molar-refractivity contribution < 1.29 is 9.90 Å². The van der Waals surface area contributed by atoms with Crippen molar-refractivity contribution in [3.05, 3.63) is 0 Å². The minimum Gasteiger partial charge on any atom is -0.390 e. The maximum atomic E-state index is 12.3. The Morgan fingerprint density at radius 2 is 1.76 bits per heavy atom. The van der Waals surface area contributed by atoms with Crippen LogP contribution in [0.5, 0.6) is 0 Å². The summed E-state index contributed by atoms with van der Waals surface area (Å²) >= 11 is 0. The average Bonchev–Trinajstić information content (AvgIpc) is 2.59. The SMILES string of the molecule is CC[C@@]1(O)CC[C@H]2[C@@H](CC[C@@H]3[C@@H]2CC[C@]2(C)C(C(C)=O)CCC[C@@H]32)C1. The van der Waals surface area contributed by atoms with E-state index in [1.165, 1.54) is 44.9 Å². The van der Waals surface area contributed by atoms with Gasteiger partial charge in [0.2, 0.25) is 0 Å². The number of fused-ring (bicyclic) bond motifs is 5. The van der Waals surface area contributed by atoms with Gasteiger partial charge >= 0.3 is 0 Å². The molecule has 0 amide bonds. The summed E-state index contributed by atoms with van der Waals surface area (Å²) in [6, 6.07) is 0. The summed E-state index contributed by atoms with van der Waals surface area (Å²) in [6.07, 6.45) is 13.3. The van der Waals surface area contributed by atoms with E-state index < -0.39 is 0 Å². The van der Waals surface area contributed by atoms with Crippen molar-refractivity contribution in [2.75, 3.05) is 0 Å². The molecule has 1 unspecified atom stereocenters. The van der Waals surface area contributed by atoms with Gasteiger partial charge in [0.05, 0.1) is 5.60 Å². The third kappa shape index (κ3) is 2.82. The molecule has 0 aromatic rings. The molecule has 0 saturated heterocycles. The number of carbonyl (C=O) groups is 1. The lowest BCUT2D eigenvalue weighted by Gasteiger charge is -2.60. The van der Waals surface area contributed by atoms with Crippen LogP contribution in [0.15, 0.2) is 0 Å². The van der Waals surface area contributed by atoms with Gasteiger partial charge in [-0.3, -0.25) is 4.79 Å². The maximum Gasteiger partial charge on any atom is 0.133 e. The highest BCUT2D eigenvalue weighted by Crippen LogP contribution is 2.63. The molecular formula is C23H38O2. The van der Waals surface area contributed by atoms with Crippen LogP contribution in [0.1, 0.15) is 91.4 Å². The normalized spacial score (nSPS) is 52.6. The van der Waals surface area contributed by atoms with E-state index in [9.17, 15) is 9.90 Å². The van der Waals surface area contributed by atoms with Crippen molar-refractivity contribution >= 4 is 5.78 Å². The zero-order valence-electron chi connectivity index (χ0n) is 16.6. The fraction of sp³-hybridized carbons (Fsp3) is 0.957. The van der Waals surface area contributed by atoms with Gasteiger partial charge in [-0.1, -0.05) is 20.3 Å². The second kappa shape index (κ2) is 6.36. The van der Waals surface area contributed by atoms with Crippen LogP contribution in [0.25, 0.3) is 0 Å². The smallest absolute Gasteiger partial charge is 0.133 e. The number of carbonyl (C=O) groups excluding carboxylic acids is 1. The molecule has 4 aliphatic carbocycles. The van der Waals surface area contributed by atoms with Gasteiger partial charge in [-0.15, -0.1) is 0 Å². The largest absolute Gasteiger partial charge is 0.390 e. The number of Topliss-reactive ketones (excluding diaryl/α,β-unsaturated/α-hetero) is 1. The van der Waals surface area contributed by atoms with Gasteiger partial charge in [0, 0.05) is 5.92 Å². The van der Waals surface area contributed by atoms with Crippen LogP contribution in [0.2, 0.25) is 0 Å². The number of hydrogen-bond donors (Lipinski definition) is 1. The first-order valence-corrected chi connectivity index (χ1v) is 11.1. The van der Waals surface area contributed by atoms with Crippen LogP contribution in [-0.2, 0) is 4.79 Å². The third-order valence-corrected chi connectivity index (χ3v) is 9.49. The monoisotopic (exact) mass is 346 g/mol. The molecule has 0 radical (unpaired) electrons. The van der Waals surface area contributed by atoms with Crippen LogP contribution in [-0.4, -0.2) is 16.5 Å². The summed E-state index contributed by atoms with van der Waals surface area (Å²) in [7, 11) is 0. The molecule has 25 heavy (non-hydrogen) atoms. The summed E-state index contributed by atoms with van der Waals surface area (Å²) in [4.78, 5) is 12.3.